The number of carboxylic acid groups (broad SMARTS) is 2. The van der Waals surface area contributed by atoms with Crippen LogP contribution in [0.4, 0.5) is 13.2 Å². The molecule has 1 amide bonds. The van der Waals surface area contributed by atoms with Crippen LogP contribution < -0.4 is 5.73 Å². The van der Waals surface area contributed by atoms with Crippen molar-refractivity contribution in [3.63, 3.8) is 0 Å². The number of hydrogen-bond acceptors (Lipinski definition) is 7. The average Bonchev–Trinajstić information content (AvgIpc) is 2.50. The molecule has 0 radical (unpaired) electrons. The Hall–Kier alpha value is -2.28. The number of hydrogen-bond donors (Lipinski definition) is 3. The third-order valence-corrected chi connectivity index (χ3v) is 4.34. The standard InChI is InChI=1S/C10H12N2O5S.C2HF3O2/c1-4(13)17-2-5-3-18-9-6(11)8(14)12(9)7(5)10(15)16;3-2(4,5)1(6)7/h6,9H,2-3,11H2,1H3,(H,15,16);(H,6,7)/t6-,9-;/m1./s1. The second-order valence-electron chi connectivity index (χ2n) is 4.78. The first-order chi connectivity index (χ1) is 11.4. The van der Waals surface area contributed by atoms with Gasteiger partial charge in [0.2, 0.25) is 5.91 Å². The van der Waals surface area contributed by atoms with Gasteiger partial charge in [-0.25, -0.2) is 9.59 Å². The molecular weight excluding hydrogens is 373 g/mol. The van der Waals surface area contributed by atoms with Crippen LogP contribution in [0.1, 0.15) is 6.92 Å². The summed E-state index contributed by atoms with van der Waals surface area (Å²) in [6, 6.07) is -0.653. The lowest BCUT2D eigenvalue weighted by Crippen LogP contribution is -2.68. The lowest BCUT2D eigenvalue weighted by Gasteiger charge is -2.47. The number of β-lactam (4-membered cyclic amide) rings is 1. The van der Waals surface area contributed by atoms with Crippen LogP contribution >= 0.6 is 11.8 Å². The molecule has 0 aromatic heterocycles. The molecule has 0 aromatic carbocycles. The molecule has 13 heteroatoms. The Morgan fingerprint density at radius 1 is 1.36 bits per heavy atom. The highest BCUT2D eigenvalue weighted by atomic mass is 32.2. The molecule has 2 rings (SSSR count). The van der Waals surface area contributed by atoms with E-state index in [1.54, 1.807) is 0 Å². The van der Waals surface area contributed by atoms with E-state index in [1.807, 2.05) is 0 Å². The Morgan fingerprint density at radius 3 is 2.28 bits per heavy atom. The van der Waals surface area contributed by atoms with E-state index >= 15 is 0 Å². The van der Waals surface area contributed by atoms with Crippen LogP contribution in [0.25, 0.3) is 0 Å². The van der Waals surface area contributed by atoms with Gasteiger partial charge >= 0.3 is 24.1 Å². The molecule has 9 nitrogen and oxygen atoms in total. The monoisotopic (exact) mass is 386 g/mol. The van der Waals surface area contributed by atoms with Crippen molar-refractivity contribution in [1.29, 1.82) is 0 Å². The highest BCUT2D eigenvalue weighted by Gasteiger charge is 2.51. The number of ether oxygens (including phenoxy) is 1. The number of fused-ring (bicyclic) bond motifs is 1. The van der Waals surface area contributed by atoms with Crippen LogP contribution in [0.3, 0.4) is 0 Å². The minimum atomic E-state index is -5.08. The Kier molecular flexibility index (Phi) is 6.42. The number of amides is 1. The fourth-order valence-electron chi connectivity index (χ4n) is 1.88. The number of aliphatic carboxylic acids is 2. The number of rotatable bonds is 3. The summed E-state index contributed by atoms with van der Waals surface area (Å²) in [5, 5.41) is 16.0. The number of carbonyl (C=O) groups is 4. The third kappa shape index (κ3) is 4.85. The predicted octanol–water partition coefficient (Wildman–Crippen LogP) is -0.236. The van der Waals surface area contributed by atoms with Crippen molar-refractivity contribution < 1.29 is 47.3 Å². The number of nitrogens with zero attached hydrogens (tertiary/aromatic N) is 1. The molecule has 1 fully saturated rings. The minimum Gasteiger partial charge on any atom is -0.477 e. The molecular formula is C12H13F3N2O7S. The third-order valence-electron chi connectivity index (χ3n) is 2.98. The van der Waals surface area contributed by atoms with E-state index < -0.39 is 36.0 Å². The first-order valence-electron chi connectivity index (χ1n) is 6.47. The number of nitrogens with two attached hydrogens (primary N) is 1. The first-order valence-corrected chi connectivity index (χ1v) is 7.51. The van der Waals surface area contributed by atoms with Gasteiger partial charge < -0.3 is 20.7 Å². The SMILES string of the molecule is CC(=O)OCC1=C(C(=O)O)N2C(=O)[C@@H](N)[C@H]2SC1.O=C(O)C(F)(F)F. The summed E-state index contributed by atoms with van der Waals surface area (Å²) < 4.78 is 36.5. The zero-order valence-corrected chi connectivity index (χ0v) is 13.4. The molecule has 25 heavy (non-hydrogen) atoms. The summed E-state index contributed by atoms with van der Waals surface area (Å²) in [7, 11) is 0. The van der Waals surface area contributed by atoms with E-state index in [4.69, 9.17) is 25.5 Å². The van der Waals surface area contributed by atoms with E-state index in [9.17, 15) is 27.6 Å². The number of alkyl halides is 3. The second-order valence-corrected chi connectivity index (χ2v) is 5.88. The Morgan fingerprint density at radius 2 is 1.88 bits per heavy atom. The minimum absolute atomic E-state index is 0.105. The summed E-state index contributed by atoms with van der Waals surface area (Å²) >= 11 is 1.37. The van der Waals surface area contributed by atoms with Crippen LogP contribution in [0, 0.1) is 0 Å². The molecule has 2 heterocycles. The van der Waals surface area contributed by atoms with Gasteiger partial charge in [0.25, 0.3) is 0 Å². The maximum atomic E-state index is 11.6. The predicted molar refractivity (Wildman–Crippen MR) is 76.1 cm³/mol. The van der Waals surface area contributed by atoms with Crippen molar-refractivity contribution in [3.8, 4) is 0 Å². The molecule has 0 saturated carbocycles. The van der Waals surface area contributed by atoms with Crippen molar-refractivity contribution in [2.24, 2.45) is 5.73 Å². The number of carbonyl (C=O) groups excluding carboxylic acids is 2. The van der Waals surface area contributed by atoms with Crippen molar-refractivity contribution in [2.45, 2.75) is 24.5 Å². The van der Waals surface area contributed by atoms with Crippen LogP contribution in [0.2, 0.25) is 0 Å². The van der Waals surface area contributed by atoms with Gasteiger partial charge in [0, 0.05) is 18.2 Å². The topological polar surface area (TPSA) is 147 Å². The van der Waals surface area contributed by atoms with Crippen molar-refractivity contribution in [3.05, 3.63) is 11.3 Å². The van der Waals surface area contributed by atoms with Crippen molar-refractivity contribution in [2.75, 3.05) is 12.4 Å². The van der Waals surface area contributed by atoms with E-state index in [2.05, 4.69) is 0 Å². The normalized spacial score (nSPS) is 22.3. The zero-order chi connectivity index (χ0) is 19.5. The van der Waals surface area contributed by atoms with Gasteiger partial charge in [-0.3, -0.25) is 14.5 Å². The van der Waals surface area contributed by atoms with Crippen LogP contribution in [0.15, 0.2) is 11.3 Å². The van der Waals surface area contributed by atoms with Crippen LogP contribution in [-0.2, 0) is 23.9 Å². The molecule has 4 N–H and O–H groups in total. The maximum Gasteiger partial charge on any atom is 0.490 e. The van der Waals surface area contributed by atoms with Gasteiger partial charge in [0.1, 0.15) is 23.7 Å². The highest BCUT2D eigenvalue weighted by molar-refractivity contribution is 8.00. The summed E-state index contributed by atoms with van der Waals surface area (Å²) in [6.45, 7) is 1.13. The quantitative estimate of drug-likeness (QED) is 0.442. The molecule has 0 bridgehead atoms. The average molecular weight is 386 g/mol. The molecule has 0 aliphatic carbocycles. The van der Waals surface area contributed by atoms with Crippen LogP contribution in [0.5, 0.6) is 0 Å². The number of halogens is 3. The number of esters is 1. The van der Waals surface area contributed by atoms with Crippen molar-refractivity contribution in [1.82, 2.24) is 4.90 Å². The maximum absolute atomic E-state index is 11.6. The Balaban J connectivity index is 0.000000381. The van der Waals surface area contributed by atoms with E-state index in [1.165, 1.54) is 23.6 Å². The van der Waals surface area contributed by atoms with Crippen molar-refractivity contribution >= 4 is 35.6 Å². The van der Waals surface area contributed by atoms with Gasteiger partial charge in [-0.15, -0.1) is 11.8 Å². The Bertz CT molecular complexity index is 635. The molecule has 1 saturated heterocycles. The fourth-order valence-corrected chi connectivity index (χ4v) is 3.15. The van der Waals surface area contributed by atoms with Crippen LogP contribution in [-0.4, -0.2) is 68.9 Å². The molecule has 140 valence electrons. The van der Waals surface area contributed by atoms with E-state index in [-0.39, 0.29) is 17.7 Å². The van der Waals surface area contributed by atoms with Gasteiger partial charge in [-0.2, -0.15) is 13.2 Å². The summed E-state index contributed by atoms with van der Waals surface area (Å²) in [4.78, 5) is 43.6. The molecule has 2 aliphatic rings. The molecule has 2 aliphatic heterocycles. The largest absolute Gasteiger partial charge is 0.490 e. The molecule has 2 atom stereocenters. The summed E-state index contributed by atoms with van der Waals surface area (Å²) in [5.74, 6) is -4.48. The van der Waals surface area contributed by atoms with Gasteiger partial charge in [-0.1, -0.05) is 0 Å². The first kappa shape index (κ1) is 20.8. The lowest BCUT2D eigenvalue weighted by atomic mass is 10.0. The van der Waals surface area contributed by atoms with E-state index in [0.717, 1.165) is 0 Å². The summed E-state index contributed by atoms with van der Waals surface area (Å²) in [6.07, 6.45) is -5.08. The van der Waals surface area contributed by atoms with Gasteiger partial charge in [-0.05, 0) is 0 Å². The Labute approximate surface area is 142 Å². The van der Waals surface area contributed by atoms with Gasteiger partial charge in [0.15, 0.2) is 0 Å². The number of thioether (sulfide) groups is 1. The van der Waals surface area contributed by atoms with Gasteiger partial charge in [0.05, 0.1) is 0 Å². The summed E-state index contributed by atoms with van der Waals surface area (Å²) in [5.41, 5.74) is 5.90. The number of carboxylic acids is 2. The smallest absolute Gasteiger partial charge is 0.477 e. The zero-order valence-electron chi connectivity index (χ0n) is 12.6. The lowest BCUT2D eigenvalue weighted by molar-refractivity contribution is -0.192. The molecule has 0 spiro atoms. The second kappa shape index (κ2) is 7.74. The highest BCUT2D eigenvalue weighted by Crippen LogP contribution is 2.39. The molecule has 0 aromatic rings. The fraction of sp³-hybridized carbons (Fsp3) is 0.500. The molecule has 0 unspecified atom stereocenters. The van der Waals surface area contributed by atoms with E-state index in [0.29, 0.717) is 11.3 Å².